The minimum atomic E-state index is -0.835. The summed E-state index contributed by atoms with van der Waals surface area (Å²) in [7, 11) is 0. The smallest absolute Gasteiger partial charge is 0.220 e. The van der Waals surface area contributed by atoms with Crippen molar-refractivity contribution in [1.29, 1.82) is 0 Å². The van der Waals surface area contributed by atoms with Gasteiger partial charge in [0.05, 0.1) is 19.3 Å². The van der Waals surface area contributed by atoms with Crippen molar-refractivity contribution in [1.82, 2.24) is 4.90 Å². The van der Waals surface area contributed by atoms with Crippen molar-refractivity contribution >= 4 is 5.91 Å². The molecule has 0 aromatic heterocycles. The number of aliphatic hydroxyl groups is 3. The number of amides is 1. The molecule has 0 aromatic rings. The summed E-state index contributed by atoms with van der Waals surface area (Å²) in [5, 5.41) is 27.8. The molecule has 0 saturated carbocycles. The SMILES string of the molecule is CCCCCCCC/C=C\CCCCCCC(CCN(CCO)CC(O)CO)C(N)=O. The number of hydrogen-bond acceptors (Lipinski definition) is 5. The molecule has 5 N–H and O–H groups in total. The lowest BCUT2D eigenvalue weighted by molar-refractivity contribution is -0.122. The van der Waals surface area contributed by atoms with Crippen molar-refractivity contribution in [2.24, 2.45) is 11.7 Å². The highest BCUT2D eigenvalue weighted by molar-refractivity contribution is 5.76. The monoisotopic (exact) mass is 442 g/mol. The second-order valence-electron chi connectivity index (χ2n) is 8.77. The van der Waals surface area contributed by atoms with Crippen LogP contribution in [0, 0.1) is 5.92 Å². The van der Waals surface area contributed by atoms with Crippen LogP contribution in [0.15, 0.2) is 12.2 Å². The summed E-state index contributed by atoms with van der Waals surface area (Å²) in [5.41, 5.74) is 5.57. The summed E-state index contributed by atoms with van der Waals surface area (Å²) in [6, 6.07) is 0. The van der Waals surface area contributed by atoms with Crippen LogP contribution in [0.2, 0.25) is 0 Å². The van der Waals surface area contributed by atoms with Crippen molar-refractivity contribution in [3.63, 3.8) is 0 Å². The Bertz CT molecular complexity index is 432. The molecule has 0 aliphatic rings. The lowest BCUT2D eigenvalue weighted by atomic mass is 9.96. The first-order valence-corrected chi connectivity index (χ1v) is 12.6. The normalized spacial score (nSPS) is 13.8. The molecule has 0 aromatic carbocycles. The van der Waals surface area contributed by atoms with E-state index in [4.69, 9.17) is 15.9 Å². The number of nitrogens with zero attached hydrogens (tertiary/aromatic N) is 1. The molecule has 6 heteroatoms. The van der Waals surface area contributed by atoms with Gasteiger partial charge in [0.1, 0.15) is 0 Å². The van der Waals surface area contributed by atoms with Crippen LogP contribution in [0.5, 0.6) is 0 Å². The Labute approximate surface area is 190 Å². The van der Waals surface area contributed by atoms with E-state index < -0.39 is 6.10 Å². The molecule has 0 aliphatic heterocycles. The van der Waals surface area contributed by atoms with Crippen molar-refractivity contribution in [2.45, 2.75) is 103 Å². The minimum absolute atomic E-state index is 0.0210. The number of allylic oxidation sites excluding steroid dienone is 2. The van der Waals surface area contributed by atoms with Crippen LogP contribution in [-0.4, -0.2) is 65.1 Å². The van der Waals surface area contributed by atoms with Crippen LogP contribution < -0.4 is 5.73 Å². The van der Waals surface area contributed by atoms with Crippen LogP contribution in [0.1, 0.15) is 96.8 Å². The summed E-state index contributed by atoms with van der Waals surface area (Å²) in [6.45, 7) is 3.20. The summed E-state index contributed by atoms with van der Waals surface area (Å²) < 4.78 is 0. The predicted octanol–water partition coefficient (Wildman–Crippen LogP) is 3.77. The highest BCUT2D eigenvalue weighted by atomic mass is 16.3. The largest absolute Gasteiger partial charge is 0.395 e. The molecule has 184 valence electrons. The summed E-state index contributed by atoms with van der Waals surface area (Å²) in [5.74, 6) is -0.450. The van der Waals surface area contributed by atoms with Gasteiger partial charge in [-0.1, -0.05) is 70.4 Å². The average molecular weight is 443 g/mol. The van der Waals surface area contributed by atoms with E-state index in [-0.39, 0.29) is 31.6 Å². The first kappa shape index (κ1) is 30.0. The molecule has 0 heterocycles. The van der Waals surface area contributed by atoms with E-state index in [9.17, 15) is 9.90 Å². The predicted molar refractivity (Wildman–Crippen MR) is 129 cm³/mol. The topological polar surface area (TPSA) is 107 Å². The molecule has 2 unspecified atom stereocenters. The number of rotatable bonds is 23. The highest BCUT2D eigenvalue weighted by Gasteiger charge is 2.18. The van der Waals surface area contributed by atoms with E-state index >= 15 is 0 Å². The minimum Gasteiger partial charge on any atom is -0.395 e. The van der Waals surface area contributed by atoms with Gasteiger partial charge in [-0.3, -0.25) is 9.69 Å². The number of carbonyl (C=O) groups excluding carboxylic acids is 1. The number of primary amides is 1. The fraction of sp³-hybridized carbons (Fsp3) is 0.880. The van der Waals surface area contributed by atoms with E-state index in [1.807, 2.05) is 4.90 Å². The zero-order valence-corrected chi connectivity index (χ0v) is 20.0. The van der Waals surface area contributed by atoms with Gasteiger partial charge in [0, 0.05) is 19.0 Å². The quantitative estimate of drug-likeness (QED) is 0.142. The van der Waals surface area contributed by atoms with Crippen molar-refractivity contribution in [2.75, 3.05) is 32.8 Å². The number of hydrogen-bond donors (Lipinski definition) is 4. The molecule has 0 fully saturated rings. The van der Waals surface area contributed by atoms with Crippen LogP contribution in [0.4, 0.5) is 0 Å². The van der Waals surface area contributed by atoms with Crippen LogP contribution in [0.25, 0.3) is 0 Å². The van der Waals surface area contributed by atoms with Crippen molar-refractivity contribution < 1.29 is 20.1 Å². The van der Waals surface area contributed by atoms with Crippen LogP contribution >= 0.6 is 0 Å². The van der Waals surface area contributed by atoms with Gasteiger partial charge in [-0.05, 0) is 45.1 Å². The molecular weight excluding hydrogens is 392 g/mol. The third kappa shape index (κ3) is 19.5. The van der Waals surface area contributed by atoms with E-state index in [0.717, 1.165) is 25.7 Å². The lowest BCUT2D eigenvalue weighted by Crippen LogP contribution is -2.38. The maximum absolute atomic E-state index is 11.8. The van der Waals surface area contributed by atoms with Crippen LogP contribution in [-0.2, 0) is 4.79 Å². The molecule has 0 spiro atoms. The fourth-order valence-corrected chi connectivity index (χ4v) is 3.84. The van der Waals surface area contributed by atoms with E-state index in [0.29, 0.717) is 19.5 Å². The number of carbonyl (C=O) groups is 1. The molecule has 0 aliphatic carbocycles. The van der Waals surface area contributed by atoms with Gasteiger partial charge < -0.3 is 21.1 Å². The maximum atomic E-state index is 11.8. The molecule has 0 rings (SSSR count). The van der Waals surface area contributed by atoms with Gasteiger partial charge in [-0.15, -0.1) is 0 Å². The van der Waals surface area contributed by atoms with E-state index in [2.05, 4.69) is 19.1 Å². The second-order valence-corrected chi connectivity index (χ2v) is 8.77. The highest BCUT2D eigenvalue weighted by Crippen LogP contribution is 2.16. The standard InChI is InChI=1S/C25H50N2O4/c1-2-3-4-5-6-7-8-9-10-11-12-13-14-15-16-23(25(26)31)17-18-27(19-20-28)21-24(30)22-29/h9-10,23-24,28-30H,2-8,11-22H2,1H3,(H2,26,31)/b10-9-. The molecule has 0 radical (unpaired) electrons. The Morgan fingerprint density at radius 1 is 0.871 bits per heavy atom. The Hall–Kier alpha value is -0.950. The van der Waals surface area contributed by atoms with Gasteiger partial charge in [0.15, 0.2) is 0 Å². The summed E-state index contributed by atoms with van der Waals surface area (Å²) in [6.07, 6.45) is 20.1. The first-order chi connectivity index (χ1) is 15.0. The van der Waals surface area contributed by atoms with Gasteiger partial charge in [-0.2, -0.15) is 0 Å². The lowest BCUT2D eigenvalue weighted by Gasteiger charge is -2.25. The Kier molecular flexibility index (Phi) is 21.6. The molecular formula is C25H50N2O4. The Balaban J connectivity index is 3.83. The van der Waals surface area contributed by atoms with E-state index in [1.165, 1.54) is 57.8 Å². The first-order valence-electron chi connectivity index (χ1n) is 12.6. The van der Waals surface area contributed by atoms with E-state index in [1.54, 1.807) is 0 Å². The van der Waals surface area contributed by atoms with Gasteiger partial charge in [0.25, 0.3) is 0 Å². The molecule has 1 amide bonds. The second kappa shape index (κ2) is 22.3. The molecule has 0 bridgehead atoms. The zero-order valence-electron chi connectivity index (χ0n) is 20.0. The molecule has 6 nitrogen and oxygen atoms in total. The maximum Gasteiger partial charge on any atom is 0.220 e. The zero-order chi connectivity index (χ0) is 23.2. The summed E-state index contributed by atoms with van der Waals surface area (Å²) in [4.78, 5) is 13.6. The molecule has 2 atom stereocenters. The molecule has 31 heavy (non-hydrogen) atoms. The summed E-state index contributed by atoms with van der Waals surface area (Å²) >= 11 is 0. The van der Waals surface area contributed by atoms with Gasteiger partial charge in [0.2, 0.25) is 5.91 Å². The van der Waals surface area contributed by atoms with Gasteiger partial charge in [-0.25, -0.2) is 0 Å². The number of nitrogens with two attached hydrogens (primary N) is 1. The average Bonchev–Trinajstić information content (AvgIpc) is 2.75. The van der Waals surface area contributed by atoms with Crippen molar-refractivity contribution in [3.05, 3.63) is 12.2 Å². The van der Waals surface area contributed by atoms with Crippen molar-refractivity contribution in [3.8, 4) is 0 Å². The van der Waals surface area contributed by atoms with Crippen LogP contribution in [0.3, 0.4) is 0 Å². The van der Waals surface area contributed by atoms with Gasteiger partial charge >= 0.3 is 0 Å². The number of unbranched alkanes of at least 4 members (excludes halogenated alkanes) is 10. The third-order valence-electron chi connectivity index (χ3n) is 5.86. The molecule has 0 saturated heterocycles. The Morgan fingerprint density at radius 3 is 2.00 bits per heavy atom. The third-order valence-corrected chi connectivity index (χ3v) is 5.86. The fourth-order valence-electron chi connectivity index (χ4n) is 3.84. The number of aliphatic hydroxyl groups excluding tert-OH is 3. The Morgan fingerprint density at radius 2 is 1.45 bits per heavy atom.